The van der Waals surface area contributed by atoms with Gasteiger partial charge in [0.05, 0.1) is 19.3 Å². The Bertz CT molecular complexity index is 263. The van der Waals surface area contributed by atoms with Gasteiger partial charge in [-0.05, 0) is 12.1 Å². The van der Waals surface area contributed by atoms with Gasteiger partial charge in [-0.2, -0.15) is 0 Å². The van der Waals surface area contributed by atoms with E-state index in [1.807, 2.05) is 30.3 Å². The molecular formula is C10H13NO2. The van der Waals surface area contributed by atoms with Crippen LogP contribution in [0.15, 0.2) is 30.3 Å². The van der Waals surface area contributed by atoms with E-state index < -0.39 is 0 Å². The second-order valence-electron chi connectivity index (χ2n) is 3.17. The number of nitrogens with two attached hydrogens (primary N) is 1. The first-order valence-corrected chi connectivity index (χ1v) is 4.41. The van der Waals surface area contributed by atoms with Crippen molar-refractivity contribution >= 4 is 0 Å². The van der Waals surface area contributed by atoms with E-state index in [2.05, 4.69) is 0 Å². The van der Waals surface area contributed by atoms with Crippen LogP contribution in [0.4, 0.5) is 0 Å². The molecule has 0 amide bonds. The van der Waals surface area contributed by atoms with Crippen molar-refractivity contribution in [3.05, 3.63) is 30.3 Å². The minimum atomic E-state index is 0.000191. The third-order valence-electron chi connectivity index (χ3n) is 2.10. The van der Waals surface area contributed by atoms with Gasteiger partial charge in [-0.25, -0.2) is 0 Å². The molecule has 2 N–H and O–H groups in total. The second kappa shape index (κ2) is 3.77. The largest absolute Gasteiger partial charge is 0.486 e. The Morgan fingerprint density at radius 1 is 1.23 bits per heavy atom. The fourth-order valence-corrected chi connectivity index (χ4v) is 1.35. The number of para-hydroxylation sites is 1. The van der Waals surface area contributed by atoms with E-state index in [-0.39, 0.29) is 12.1 Å². The number of benzene rings is 1. The number of ether oxygens (including phenoxy) is 2. The summed E-state index contributed by atoms with van der Waals surface area (Å²) in [6.07, 6.45) is 0.00222. The SMILES string of the molecule is N[C@H]1COC[C@@H]1Oc1ccccc1. The van der Waals surface area contributed by atoms with E-state index in [0.717, 1.165) is 5.75 Å². The summed E-state index contributed by atoms with van der Waals surface area (Å²) in [6, 6.07) is 9.68. The highest BCUT2D eigenvalue weighted by Crippen LogP contribution is 2.15. The van der Waals surface area contributed by atoms with Crippen molar-refractivity contribution in [3.63, 3.8) is 0 Å². The van der Waals surface area contributed by atoms with E-state index >= 15 is 0 Å². The Balaban J connectivity index is 1.98. The molecule has 13 heavy (non-hydrogen) atoms. The molecule has 0 unspecified atom stereocenters. The van der Waals surface area contributed by atoms with Crippen molar-refractivity contribution in [1.82, 2.24) is 0 Å². The van der Waals surface area contributed by atoms with Crippen molar-refractivity contribution in [2.75, 3.05) is 13.2 Å². The molecule has 1 aromatic rings. The summed E-state index contributed by atoms with van der Waals surface area (Å²) in [5.74, 6) is 0.855. The first-order chi connectivity index (χ1) is 6.36. The van der Waals surface area contributed by atoms with Crippen LogP contribution in [-0.4, -0.2) is 25.4 Å². The summed E-state index contributed by atoms with van der Waals surface area (Å²) in [7, 11) is 0. The molecule has 0 spiro atoms. The topological polar surface area (TPSA) is 44.5 Å². The zero-order valence-corrected chi connectivity index (χ0v) is 7.35. The minimum absolute atomic E-state index is 0.000191. The average molecular weight is 179 g/mol. The molecule has 1 aliphatic rings. The van der Waals surface area contributed by atoms with Crippen LogP contribution in [0.25, 0.3) is 0 Å². The van der Waals surface area contributed by atoms with Crippen molar-refractivity contribution < 1.29 is 9.47 Å². The Hall–Kier alpha value is -1.06. The van der Waals surface area contributed by atoms with Gasteiger partial charge in [0.25, 0.3) is 0 Å². The van der Waals surface area contributed by atoms with Crippen LogP contribution in [-0.2, 0) is 4.74 Å². The predicted octanol–water partition coefficient (Wildman–Crippen LogP) is 0.791. The van der Waals surface area contributed by atoms with Crippen LogP contribution in [0.5, 0.6) is 5.75 Å². The quantitative estimate of drug-likeness (QED) is 0.730. The van der Waals surface area contributed by atoms with E-state index in [9.17, 15) is 0 Å². The molecule has 0 saturated carbocycles. The van der Waals surface area contributed by atoms with Crippen LogP contribution in [0.3, 0.4) is 0 Å². The maximum absolute atomic E-state index is 5.78. The smallest absolute Gasteiger partial charge is 0.139 e. The van der Waals surface area contributed by atoms with Gasteiger partial charge >= 0.3 is 0 Å². The lowest BCUT2D eigenvalue weighted by Crippen LogP contribution is -2.37. The summed E-state index contributed by atoms with van der Waals surface area (Å²) in [4.78, 5) is 0. The summed E-state index contributed by atoms with van der Waals surface area (Å²) in [5.41, 5.74) is 5.78. The van der Waals surface area contributed by atoms with Gasteiger partial charge < -0.3 is 15.2 Å². The van der Waals surface area contributed by atoms with Crippen molar-refractivity contribution in [2.45, 2.75) is 12.1 Å². The molecule has 1 aromatic carbocycles. The maximum Gasteiger partial charge on any atom is 0.139 e. The third kappa shape index (κ3) is 1.99. The highest BCUT2D eigenvalue weighted by atomic mass is 16.5. The van der Waals surface area contributed by atoms with E-state index in [4.69, 9.17) is 15.2 Å². The molecule has 3 nitrogen and oxygen atoms in total. The van der Waals surface area contributed by atoms with Gasteiger partial charge in [-0.3, -0.25) is 0 Å². The molecule has 2 atom stereocenters. The lowest BCUT2D eigenvalue weighted by molar-refractivity contribution is 0.140. The van der Waals surface area contributed by atoms with Crippen LogP contribution in [0.1, 0.15) is 0 Å². The van der Waals surface area contributed by atoms with Gasteiger partial charge in [0.2, 0.25) is 0 Å². The molecule has 0 bridgehead atoms. The van der Waals surface area contributed by atoms with Gasteiger partial charge in [0.15, 0.2) is 0 Å². The highest BCUT2D eigenvalue weighted by molar-refractivity contribution is 5.21. The number of hydrogen-bond donors (Lipinski definition) is 1. The van der Waals surface area contributed by atoms with Gasteiger partial charge in [-0.1, -0.05) is 18.2 Å². The van der Waals surface area contributed by atoms with Crippen LogP contribution in [0, 0.1) is 0 Å². The van der Waals surface area contributed by atoms with Crippen molar-refractivity contribution in [1.29, 1.82) is 0 Å². The molecule has 3 heteroatoms. The first kappa shape index (κ1) is 8.53. The molecule has 0 aromatic heterocycles. The molecular weight excluding hydrogens is 166 g/mol. The van der Waals surface area contributed by atoms with E-state index in [0.29, 0.717) is 13.2 Å². The summed E-state index contributed by atoms with van der Waals surface area (Å²) >= 11 is 0. The minimum Gasteiger partial charge on any atom is -0.486 e. The molecule has 1 saturated heterocycles. The Morgan fingerprint density at radius 3 is 2.62 bits per heavy atom. The van der Waals surface area contributed by atoms with Crippen molar-refractivity contribution in [3.8, 4) is 5.75 Å². The molecule has 1 fully saturated rings. The average Bonchev–Trinajstić information content (AvgIpc) is 2.54. The zero-order valence-electron chi connectivity index (χ0n) is 7.35. The van der Waals surface area contributed by atoms with Gasteiger partial charge in [0, 0.05) is 0 Å². The standard InChI is InChI=1S/C10H13NO2/c11-9-6-12-7-10(9)13-8-4-2-1-3-5-8/h1-5,9-10H,6-7,11H2/t9-,10-/m0/s1. The monoisotopic (exact) mass is 179 g/mol. The second-order valence-corrected chi connectivity index (χ2v) is 3.17. The molecule has 0 aliphatic carbocycles. The number of hydrogen-bond acceptors (Lipinski definition) is 3. The summed E-state index contributed by atoms with van der Waals surface area (Å²) < 4.78 is 10.8. The van der Waals surface area contributed by atoms with Gasteiger partial charge in [-0.15, -0.1) is 0 Å². The van der Waals surface area contributed by atoms with Crippen molar-refractivity contribution in [2.24, 2.45) is 5.73 Å². The molecule has 1 aliphatic heterocycles. The van der Waals surface area contributed by atoms with E-state index in [1.165, 1.54) is 0 Å². The fourth-order valence-electron chi connectivity index (χ4n) is 1.35. The molecule has 2 rings (SSSR count). The maximum atomic E-state index is 5.78. The third-order valence-corrected chi connectivity index (χ3v) is 2.10. The normalized spacial score (nSPS) is 27.5. The predicted molar refractivity (Wildman–Crippen MR) is 49.7 cm³/mol. The lowest BCUT2D eigenvalue weighted by Gasteiger charge is -2.15. The molecule has 1 heterocycles. The van der Waals surface area contributed by atoms with E-state index in [1.54, 1.807) is 0 Å². The highest BCUT2D eigenvalue weighted by Gasteiger charge is 2.26. The fraction of sp³-hybridized carbons (Fsp3) is 0.400. The van der Waals surface area contributed by atoms with Crippen LogP contribution >= 0.6 is 0 Å². The first-order valence-electron chi connectivity index (χ1n) is 4.41. The number of rotatable bonds is 2. The molecule has 0 radical (unpaired) electrons. The lowest BCUT2D eigenvalue weighted by atomic mass is 10.2. The van der Waals surface area contributed by atoms with Gasteiger partial charge in [0.1, 0.15) is 11.9 Å². The Morgan fingerprint density at radius 2 is 2.00 bits per heavy atom. The Kier molecular flexibility index (Phi) is 2.47. The van der Waals surface area contributed by atoms with Crippen LogP contribution in [0.2, 0.25) is 0 Å². The zero-order chi connectivity index (χ0) is 9.10. The molecule has 70 valence electrons. The summed E-state index contributed by atoms with van der Waals surface area (Å²) in [6.45, 7) is 1.19. The summed E-state index contributed by atoms with van der Waals surface area (Å²) in [5, 5.41) is 0. The Labute approximate surface area is 77.5 Å². The van der Waals surface area contributed by atoms with Crippen LogP contribution < -0.4 is 10.5 Å².